The van der Waals surface area contributed by atoms with Gasteiger partial charge in [0.15, 0.2) is 0 Å². The molecule has 0 aliphatic rings. The van der Waals surface area contributed by atoms with Crippen molar-refractivity contribution in [3.63, 3.8) is 0 Å². The molecule has 3 heteroatoms. The van der Waals surface area contributed by atoms with Crippen molar-refractivity contribution in [1.82, 2.24) is 9.55 Å². The van der Waals surface area contributed by atoms with Gasteiger partial charge in [0.2, 0.25) is 5.95 Å². The molecule has 1 aromatic rings. The molecule has 0 amide bonds. The molecular formula is C11H21N3. The van der Waals surface area contributed by atoms with Gasteiger partial charge >= 0.3 is 0 Å². The third kappa shape index (κ3) is 3.40. The van der Waals surface area contributed by atoms with Crippen LogP contribution >= 0.6 is 0 Å². The van der Waals surface area contributed by atoms with Gasteiger partial charge in [-0.15, -0.1) is 0 Å². The molecule has 1 N–H and O–H groups in total. The number of nitrogens with zero attached hydrogens (tertiary/aromatic N) is 2. The molecule has 0 aromatic carbocycles. The number of aryl methyl sites for hydroxylation is 2. The summed E-state index contributed by atoms with van der Waals surface area (Å²) in [6, 6.07) is 0. The van der Waals surface area contributed by atoms with Crippen LogP contribution in [0.5, 0.6) is 0 Å². The van der Waals surface area contributed by atoms with Crippen LogP contribution in [0, 0.1) is 12.8 Å². The molecule has 14 heavy (non-hydrogen) atoms. The van der Waals surface area contributed by atoms with Crippen LogP contribution in [-0.4, -0.2) is 16.1 Å². The maximum atomic E-state index is 4.38. The molecule has 1 heterocycles. The fourth-order valence-electron chi connectivity index (χ4n) is 1.49. The van der Waals surface area contributed by atoms with E-state index in [1.165, 1.54) is 12.8 Å². The van der Waals surface area contributed by atoms with E-state index in [0.717, 1.165) is 24.1 Å². The Balaban J connectivity index is 2.28. The van der Waals surface area contributed by atoms with E-state index in [1.807, 2.05) is 24.7 Å². The van der Waals surface area contributed by atoms with Gasteiger partial charge in [0.25, 0.3) is 0 Å². The van der Waals surface area contributed by atoms with Crippen LogP contribution in [0.2, 0.25) is 0 Å². The van der Waals surface area contributed by atoms with Crippen molar-refractivity contribution in [2.45, 2.75) is 33.6 Å². The van der Waals surface area contributed by atoms with Crippen molar-refractivity contribution < 1.29 is 0 Å². The molecule has 0 saturated carbocycles. The lowest BCUT2D eigenvalue weighted by Gasteiger charge is -2.06. The van der Waals surface area contributed by atoms with E-state index in [-0.39, 0.29) is 0 Å². The Morgan fingerprint density at radius 1 is 1.50 bits per heavy atom. The van der Waals surface area contributed by atoms with Crippen molar-refractivity contribution in [2.24, 2.45) is 13.0 Å². The maximum Gasteiger partial charge on any atom is 0.202 e. The van der Waals surface area contributed by atoms with Crippen LogP contribution in [-0.2, 0) is 7.05 Å². The summed E-state index contributed by atoms with van der Waals surface area (Å²) in [5.41, 5.74) is 1.07. The van der Waals surface area contributed by atoms with E-state index in [0.29, 0.717) is 0 Å². The summed E-state index contributed by atoms with van der Waals surface area (Å²) in [6.07, 6.45) is 4.52. The predicted molar refractivity (Wildman–Crippen MR) is 60.5 cm³/mol. The van der Waals surface area contributed by atoms with Crippen LogP contribution in [0.3, 0.4) is 0 Å². The maximum absolute atomic E-state index is 4.38. The molecule has 0 saturated heterocycles. The van der Waals surface area contributed by atoms with Gasteiger partial charge in [0.1, 0.15) is 0 Å². The summed E-state index contributed by atoms with van der Waals surface area (Å²) in [5, 5.41) is 3.34. The SMILES string of the molecule is Cc1cn(C)c(NCCCC(C)C)n1. The Kier molecular flexibility index (Phi) is 3.98. The Morgan fingerprint density at radius 3 is 2.71 bits per heavy atom. The lowest BCUT2D eigenvalue weighted by molar-refractivity contribution is 0.566. The Hall–Kier alpha value is -0.990. The van der Waals surface area contributed by atoms with E-state index in [1.54, 1.807) is 0 Å². The highest BCUT2D eigenvalue weighted by atomic mass is 15.2. The molecule has 80 valence electrons. The Labute approximate surface area is 86.5 Å². The van der Waals surface area contributed by atoms with Crippen LogP contribution in [0.15, 0.2) is 6.20 Å². The summed E-state index contributed by atoms with van der Waals surface area (Å²) in [7, 11) is 2.02. The summed E-state index contributed by atoms with van der Waals surface area (Å²) in [4.78, 5) is 4.38. The van der Waals surface area contributed by atoms with Crippen molar-refractivity contribution in [2.75, 3.05) is 11.9 Å². The first-order valence-corrected chi connectivity index (χ1v) is 5.33. The zero-order valence-corrected chi connectivity index (χ0v) is 9.67. The quantitative estimate of drug-likeness (QED) is 0.732. The molecule has 3 nitrogen and oxygen atoms in total. The normalized spacial score (nSPS) is 10.9. The van der Waals surface area contributed by atoms with E-state index < -0.39 is 0 Å². The molecule has 0 unspecified atom stereocenters. The molecule has 0 bridgehead atoms. The minimum atomic E-state index is 0.792. The van der Waals surface area contributed by atoms with Crippen molar-refractivity contribution >= 4 is 5.95 Å². The number of hydrogen-bond acceptors (Lipinski definition) is 2. The molecule has 0 fully saturated rings. The fourth-order valence-corrected chi connectivity index (χ4v) is 1.49. The van der Waals surface area contributed by atoms with Gasteiger partial charge in [-0.2, -0.15) is 0 Å². The fraction of sp³-hybridized carbons (Fsp3) is 0.727. The zero-order chi connectivity index (χ0) is 10.6. The molecular weight excluding hydrogens is 174 g/mol. The van der Waals surface area contributed by atoms with Gasteiger partial charge in [-0.05, 0) is 25.7 Å². The summed E-state index contributed by atoms with van der Waals surface area (Å²) in [6.45, 7) is 7.54. The van der Waals surface area contributed by atoms with Gasteiger partial charge in [-0.25, -0.2) is 4.98 Å². The van der Waals surface area contributed by atoms with Crippen LogP contribution < -0.4 is 5.32 Å². The van der Waals surface area contributed by atoms with Crippen LogP contribution in [0.25, 0.3) is 0 Å². The minimum absolute atomic E-state index is 0.792. The molecule has 1 aromatic heterocycles. The van der Waals surface area contributed by atoms with E-state index in [9.17, 15) is 0 Å². The topological polar surface area (TPSA) is 29.9 Å². The summed E-state index contributed by atoms with van der Waals surface area (Å²) in [5.74, 6) is 1.77. The Morgan fingerprint density at radius 2 is 2.21 bits per heavy atom. The number of rotatable bonds is 5. The second-order valence-electron chi connectivity index (χ2n) is 4.28. The number of nitrogens with one attached hydrogen (secondary N) is 1. The summed E-state index contributed by atoms with van der Waals surface area (Å²) < 4.78 is 2.03. The molecule has 0 aliphatic heterocycles. The number of hydrogen-bond donors (Lipinski definition) is 1. The van der Waals surface area contributed by atoms with Gasteiger partial charge < -0.3 is 9.88 Å². The molecule has 0 atom stereocenters. The van der Waals surface area contributed by atoms with Gasteiger partial charge in [0, 0.05) is 19.8 Å². The highest BCUT2D eigenvalue weighted by Gasteiger charge is 2.00. The third-order valence-corrected chi connectivity index (χ3v) is 2.24. The predicted octanol–water partition coefficient (Wildman–Crippen LogP) is 2.58. The van der Waals surface area contributed by atoms with E-state index >= 15 is 0 Å². The van der Waals surface area contributed by atoms with Crippen LogP contribution in [0.4, 0.5) is 5.95 Å². The van der Waals surface area contributed by atoms with Crippen LogP contribution in [0.1, 0.15) is 32.4 Å². The third-order valence-electron chi connectivity index (χ3n) is 2.24. The van der Waals surface area contributed by atoms with Gasteiger partial charge in [-0.1, -0.05) is 13.8 Å². The first-order chi connectivity index (χ1) is 6.59. The first kappa shape index (κ1) is 11.1. The average Bonchev–Trinajstić information content (AvgIpc) is 2.39. The zero-order valence-electron chi connectivity index (χ0n) is 9.67. The smallest absolute Gasteiger partial charge is 0.202 e. The van der Waals surface area contributed by atoms with Crippen molar-refractivity contribution in [1.29, 1.82) is 0 Å². The standard InChI is InChI=1S/C11H21N3/c1-9(2)6-5-7-12-11-13-10(3)8-14(11)4/h8-9H,5-7H2,1-4H3,(H,12,13). The lowest BCUT2D eigenvalue weighted by Crippen LogP contribution is -2.07. The second-order valence-corrected chi connectivity index (χ2v) is 4.28. The highest BCUT2D eigenvalue weighted by molar-refractivity contribution is 5.27. The average molecular weight is 195 g/mol. The highest BCUT2D eigenvalue weighted by Crippen LogP contribution is 2.07. The lowest BCUT2D eigenvalue weighted by atomic mass is 10.1. The first-order valence-electron chi connectivity index (χ1n) is 5.33. The Bertz CT molecular complexity index is 276. The minimum Gasteiger partial charge on any atom is -0.356 e. The van der Waals surface area contributed by atoms with E-state index in [4.69, 9.17) is 0 Å². The van der Waals surface area contributed by atoms with E-state index in [2.05, 4.69) is 24.1 Å². The van der Waals surface area contributed by atoms with Crippen molar-refractivity contribution in [3.8, 4) is 0 Å². The molecule has 1 rings (SSSR count). The number of aromatic nitrogens is 2. The molecule has 0 aliphatic carbocycles. The van der Waals surface area contributed by atoms with Gasteiger partial charge in [-0.3, -0.25) is 0 Å². The summed E-state index contributed by atoms with van der Waals surface area (Å²) >= 11 is 0. The van der Waals surface area contributed by atoms with Crippen molar-refractivity contribution in [3.05, 3.63) is 11.9 Å². The largest absolute Gasteiger partial charge is 0.356 e. The monoisotopic (exact) mass is 195 g/mol. The second kappa shape index (κ2) is 5.03. The number of anilines is 1. The number of imidazole rings is 1. The molecule has 0 radical (unpaired) electrons. The van der Waals surface area contributed by atoms with Gasteiger partial charge in [0.05, 0.1) is 5.69 Å². The molecule has 0 spiro atoms.